The molecule has 0 aliphatic heterocycles. The Hall–Kier alpha value is -0.540. The first-order chi connectivity index (χ1) is 6.03. The Morgan fingerprint density at radius 2 is 2.08 bits per heavy atom. The molecular formula is C10H12BrNO. The smallest absolute Gasteiger partial charge is 0.120 e. The van der Waals surface area contributed by atoms with Crippen molar-refractivity contribution in [1.82, 2.24) is 0 Å². The van der Waals surface area contributed by atoms with Gasteiger partial charge in [0, 0.05) is 15.6 Å². The summed E-state index contributed by atoms with van der Waals surface area (Å²) in [5.41, 5.74) is 7.64. The van der Waals surface area contributed by atoms with Crippen molar-refractivity contribution in [2.24, 2.45) is 5.73 Å². The van der Waals surface area contributed by atoms with Crippen LogP contribution in [-0.4, -0.2) is 5.11 Å². The van der Waals surface area contributed by atoms with E-state index in [9.17, 15) is 5.11 Å². The molecule has 0 bridgehead atoms. The van der Waals surface area contributed by atoms with Gasteiger partial charge in [0.05, 0.1) is 0 Å². The lowest BCUT2D eigenvalue weighted by Crippen LogP contribution is -2.18. The van der Waals surface area contributed by atoms with Crippen LogP contribution in [0.5, 0.6) is 5.75 Å². The minimum atomic E-state index is -0.264. The van der Waals surface area contributed by atoms with E-state index in [-0.39, 0.29) is 5.54 Å². The first-order valence-electron chi connectivity index (χ1n) is 4.31. The van der Waals surface area contributed by atoms with Crippen LogP contribution in [0.2, 0.25) is 0 Å². The van der Waals surface area contributed by atoms with Gasteiger partial charge in [0.2, 0.25) is 0 Å². The number of aromatic hydroxyl groups is 1. The molecule has 1 aromatic rings. The third kappa shape index (κ3) is 1.46. The first-order valence-corrected chi connectivity index (χ1v) is 5.11. The number of hydrogen-bond acceptors (Lipinski definition) is 2. The number of aryl methyl sites for hydroxylation is 1. The molecular weight excluding hydrogens is 230 g/mol. The van der Waals surface area contributed by atoms with Crippen molar-refractivity contribution < 1.29 is 5.11 Å². The molecule has 1 aliphatic carbocycles. The third-order valence-corrected chi connectivity index (χ3v) is 3.46. The van der Waals surface area contributed by atoms with Gasteiger partial charge in [-0.1, -0.05) is 15.9 Å². The van der Waals surface area contributed by atoms with Crippen molar-refractivity contribution in [1.29, 1.82) is 0 Å². The van der Waals surface area contributed by atoms with Crippen LogP contribution in [-0.2, 0) is 5.54 Å². The lowest BCUT2D eigenvalue weighted by Gasteiger charge is -2.12. The average Bonchev–Trinajstić information content (AvgIpc) is 2.77. The van der Waals surface area contributed by atoms with Crippen LogP contribution in [0.3, 0.4) is 0 Å². The van der Waals surface area contributed by atoms with E-state index < -0.39 is 0 Å². The predicted molar refractivity (Wildman–Crippen MR) is 55.6 cm³/mol. The zero-order chi connectivity index (χ0) is 9.64. The van der Waals surface area contributed by atoms with Crippen LogP contribution >= 0.6 is 15.9 Å². The van der Waals surface area contributed by atoms with E-state index in [0.717, 1.165) is 28.4 Å². The van der Waals surface area contributed by atoms with E-state index in [2.05, 4.69) is 15.9 Å². The minimum Gasteiger partial charge on any atom is -0.508 e. The Morgan fingerprint density at radius 3 is 2.62 bits per heavy atom. The largest absolute Gasteiger partial charge is 0.508 e. The number of phenolic OH excluding ortho intramolecular Hbond substituents is 1. The Bertz CT molecular complexity index is 358. The lowest BCUT2D eigenvalue weighted by molar-refractivity contribution is 0.459. The molecule has 1 aliphatic rings. The van der Waals surface area contributed by atoms with E-state index >= 15 is 0 Å². The number of benzene rings is 1. The molecule has 0 atom stereocenters. The molecule has 0 aromatic heterocycles. The number of hydrogen-bond donors (Lipinski definition) is 2. The summed E-state index contributed by atoms with van der Waals surface area (Å²) in [6.45, 7) is 1.95. The molecule has 2 rings (SSSR count). The molecule has 2 nitrogen and oxygen atoms in total. The molecule has 1 aromatic carbocycles. The maximum atomic E-state index is 9.69. The molecule has 1 saturated carbocycles. The molecule has 3 heteroatoms. The van der Waals surface area contributed by atoms with E-state index in [0.29, 0.717) is 5.75 Å². The number of nitrogens with two attached hydrogens (primary N) is 1. The summed E-state index contributed by atoms with van der Waals surface area (Å²) in [5, 5.41) is 9.69. The molecule has 0 amide bonds. The maximum absolute atomic E-state index is 9.69. The van der Waals surface area contributed by atoms with Crippen molar-refractivity contribution in [3.8, 4) is 5.75 Å². The summed E-state index contributed by atoms with van der Waals surface area (Å²) in [7, 11) is 0. The van der Waals surface area contributed by atoms with Crippen LogP contribution in [0.15, 0.2) is 16.6 Å². The quantitative estimate of drug-likeness (QED) is 0.794. The van der Waals surface area contributed by atoms with Crippen molar-refractivity contribution >= 4 is 15.9 Å². The second kappa shape index (κ2) is 2.72. The van der Waals surface area contributed by atoms with Gasteiger partial charge in [0.25, 0.3) is 0 Å². The van der Waals surface area contributed by atoms with Crippen molar-refractivity contribution in [2.75, 3.05) is 0 Å². The van der Waals surface area contributed by atoms with Gasteiger partial charge in [-0.05, 0) is 37.5 Å². The third-order valence-electron chi connectivity index (χ3n) is 2.60. The van der Waals surface area contributed by atoms with Crippen molar-refractivity contribution in [2.45, 2.75) is 25.3 Å². The molecule has 1 fully saturated rings. The van der Waals surface area contributed by atoms with E-state index in [1.165, 1.54) is 0 Å². The van der Waals surface area contributed by atoms with E-state index in [1.54, 1.807) is 6.07 Å². The highest BCUT2D eigenvalue weighted by Crippen LogP contribution is 2.47. The fraction of sp³-hybridized carbons (Fsp3) is 0.400. The SMILES string of the molecule is Cc1cc(O)c(C2(N)CC2)cc1Br. The zero-order valence-electron chi connectivity index (χ0n) is 7.47. The number of halogens is 1. The van der Waals surface area contributed by atoms with Gasteiger partial charge in [-0.2, -0.15) is 0 Å². The normalized spacial score (nSPS) is 18.7. The highest BCUT2D eigenvalue weighted by Gasteiger charge is 2.42. The minimum absolute atomic E-state index is 0.264. The maximum Gasteiger partial charge on any atom is 0.120 e. The average molecular weight is 242 g/mol. The molecule has 70 valence electrons. The van der Waals surface area contributed by atoms with Gasteiger partial charge in [-0.25, -0.2) is 0 Å². The molecule has 0 unspecified atom stereocenters. The second-order valence-corrected chi connectivity index (χ2v) is 4.63. The predicted octanol–water partition coefficient (Wildman–Crippen LogP) is 2.41. The topological polar surface area (TPSA) is 46.2 Å². The first kappa shape index (κ1) is 9.03. The standard InChI is InChI=1S/C10H12BrNO/c1-6-4-9(13)7(5-8(6)11)10(12)2-3-10/h4-5,13H,2-3,12H2,1H3. The van der Waals surface area contributed by atoms with Crippen LogP contribution in [0.4, 0.5) is 0 Å². The zero-order valence-corrected chi connectivity index (χ0v) is 9.06. The molecule has 0 radical (unpaired) electrons. The molecule has 13 heavy (non-hydrogen) atoms. The van der Waals surface area contributed by atoms with Gasteiger partial charge < -0.3 is 10.8 Å². The van der Waals surface area contributed by atoms with Gasteiger partial charge in [0.15, 0.2) is 0 Å². The van der Waals surface area contributed by atoms with Crippen LogP contribution < -0.4 is 5.73 Å². The van der Waals surface area contributed by atoms with E-state index in [1.807, 2.05) is 13.0 Å². The summed E-state index contributed by atoms with van der Waals surface area (Å²) >= 11 is 3.43. The van der Waals surface area contributed by atoms with Crippen molar-refractivity contribution in [3.63, 3.8) is 0 Å². The second-order valence-electron chi connectivity index (χ2n) is 3.77. The summed E-state index contributed by atoms with van der Waals surface area (Å²) in [6, 6.07) is 3.68. The highest BCUT2D eigenvalue weighted by molar-refractivity contribution is 9.10. The van der Waals surface area contributed by atoms with Crippen molar-refractivity contribution in [3.05, 3.63) is 27.7 Å². The van der Waals surface area contributed by atoms with E-state index in [4.69, 9.17) is 5.73 Å². The molecule has 3 N–H and O–H groups in total. The van der Waals surface area contributed by atoms with Crippen LogP contribution in [0.25, 0.3) is 0 Å². The summed E-state index contributed by atoms with van der Waals surface area (Å²) in [4.78, 5) is 0. The van der Waals surface area contributed by atoms with Crippen LogP contribution in [0.1, 0.15) is 24.0 Å². The molecule has 0 heterocycles. The van der Waals surface area contributed by atoms with Gasteiger partial charge in [0.1, 0.15) is 5.75 Å². The Kier molecular flexibility index (Phi) is 1.89. The number of rotatable bonds is 1. The van der Waals surface area contributed by atoms with Gasteiger partial charge in [-0.3, -0.25) is 0 Å². The summed E-state index contributed by atoms with van der Waals surface area (Å²) in [5.74, 6) is 0.320. The monoisotopic (exact) mass is 241 g/mol. The Balaban J connectivity index is 2.52. The highest BCUT2D eigenvalue weighted by atomic mass is 79.9. The fourth-order valence-corrected chi connectivity index (χ4v) is 1.81. The number of phenols is 1. The molecule has 0 spiro atoms. The summed E-state index contributed by atoms with van der Waals surface area (Å²) < 4.78 is 1.01. The summed E-state index contributed by atoms with van der Waals surface area (Å²) in [6.07, 6.45) is 1.94. The Morgan fingerprint density at radius 1 is 1.46 bits per heavy atom. The lowest BCUT2D eigenvalue weighted by atomic mass is 10.0. The van der Waals surface area contributed by atoms with Crippen LogP contribution in [0, 0.1) is 6.92 Å². The fourth-order valence-electron chi connectivity index (χ4n) is 1.47. The van der Waals surface area contributed by atoms with Gasteiger partial charge in [-0.15, -0.1) is 0 Å². The van der Waals surface area contributed by atoms with Gasteiger partial charge >= 0.3 is 0 Å². The molecule has 0 saturated heterocycles. The Labute approximate surface area is 85.9 Å².